The van der Waals surface area contributed by atoms with E-state index in [0.717, 1.165) is 0 Å². The summed E-state index contributed by atoms with van der Waals surface area (Å²) in [7, 11) is -1.64. The molecule has 2 saturated carbocycles. The van der Waals surface area contributed by atoms with Crippen LogP contribution in [-0.4, -0.2) is 67.0 Å². The molecular weight excluding hydrogens is 571 g/mol. The molecule has 2 aromatic heterocycles. The normalized spacial score (nSPS) is 21.0. The molecule has 0 bridgehead atoms. The molecule has 2 aliphatic rings. The molecule has 40 heavy (non-hydrogen) atoms. The van der Waals surface area contributed by atoms with Gasteiger partial charge in [0.05, 0.1) is 34.1 Å². The summed E-state index contributed by atoms with van der Waals surface area (Å²) in [5.74, 6) is 0.262. The highest BCUT2D eigenvalue weighted by atomic mass is 35.5. The summed E-state index contributed by atoms with van der Waals surface area (Å²) >= 11 is 6.66. The molecule has 0 atom stereocenters. The zero-order chi connectivity index (χ0) is 29.3. The summed E-state index contributed by atoms with van der Waals surface area (Å²) in [6.45, 7) is 2.32. The predicted octanol–water partition coefficient (Wildman–Crippen LogP) is 5.10. The lowest BCUT2D eigenvalue weighted by molar-refractivity contribution is -0.244. The largest absolute Gasteiger partial charge is 0.496 e. The van der Waals surface area contributed by atoms with Crippen LogP contribution in [0.5, 0.6) is 5.75 Å². The molecule has 0 unspecified atom stereocenters. The van der Waals surface area contributed by atoms with Crippen molar-refractivity contribution in [3.05, 3.63) is 23.0 Å². The van der Waals surface area contributed by atoms with Crippen LogP contribution in [-0.2, 0) is 16.4 Å². The fourth-order valence-electron chi connectivity index (χ4n) is 5.46. The monoisotopic (exact) mass is 605 g/mol. The number of anilines is 1. The van der Waals surface area contributed by atoms with Crippen molar-refractivity contribution >= 4 is 33.2 Å². The zero-order valence-corrected chi connectivity index (χ0v) is 24.3. The molecule has 9 nitrogen and oxygen atoms in total. The summed E-state index contributed by atoms with van der Waals surface area (Å²) in [6, 6.07) is 1.51. The van der Waals surface area contributed by atoms with Gasteiger partial charge in [-0.25, -0.2) is 13.4 Å². The number of nitrogens with zero attached hydrogens (tertiary/aromatic N) is 3. The second-order valence-corrected chi connectivity index (χ2v) is 13.5. The molecule has 2 aromatic rings. The van der Waals surface area contributed by atoms with Gasteiger partial charge in [-0.05, 0) is 51.4 Å². The Hall–Kier alpha value is -2.54. The minimum absolute atomic E-state index is 0.0321. The Kier molecular flexibility index (Phi) is 8.94. The fraction of sp³-hybridized carbons (Fsp3) is 0.654. The SMILES string of the molecule is CCn1nc(C(=O)NCC2CCC(S(C)(=O)=O)CC2)c(Cl)c1-c1cnc(NCC2(C(F)(F)F)CCC2)cc1OC. The molecule has 2 fully saturated rings. The third-order valence-corrected chi connectivity index (χ3v) is 10.3. The Morgan fingerprint density at radius 3 is 2.45 bits per heavy atom. The molecule has 0 saturated heterocycles. The van der Waals surface area contributed by atoms with Gasteiger partial charge in [-0.3, -0.25) is 9.48 Å². The molecular formula is C26H35ClF3N5O4S. The van der Waals surface area contributed by atoms with Gasteiger partial charge in [-0.2, -0.15) is 18.3 Å². The van der Waals surface area contributed by atoms with E-state index in [9.17, 15) is 26.4 Å². The van der Waals surface area contributed by atoms with Crippen LogP contribution in [0.2, 0.25) is 5.02 Å². The topological polar surface area (TPSA) is 115 Å². The number of aryl methyl sites for hydroxylation is 1. The quantitative estimate of drug-likeness (QED) is 0.387. The lowest BCUT2D eigenvalue weighted by atomic mass is 9.68. The van der Waals surface area contributed by atoms with Gasteiger partial charge in [-0.15, -0.1) is 0 Å². The number of amides is 1. The Morgan fingerprint density at radius 1 is 1.25 bits per heavy atom. The lowest BCUT2D eigenvalue weighted by Gasteiger charge is -2.43. The number of carbonyl (C=O) groups is 1. The van der Waals surface area contributed by atoms with Crippen LogP contribution in [0.3, 0.4) is 0 Å². The number of carbonyl (C=O) groups excluding carboxylic acids is 1. The predicted molar refractivity (Wildman–Crippen MR) is 146 cm³/mol. The van der Waals surface area contributed by atoms with E-state index >= 15 is 0 Å². The average Bonchev–Trinajstić information content (AvgIpc) is 3.21. The van der Waals surface area contributed by atoms with Crippen molar-refractivity contribution in [1.29, 1.82) is 0 Å². The highest BCUT2D eigenvalue weighted by Crippen LogP contribution is 2.53. The Labute approximate surface area is 237 Å². The van der Waals surface area contributed by atoms with Crippen LogP contribution >= 0.6 is 11.6 Å². The Bertz CT molecular complexity index is 1340. The number of nitrogens with one attached hydrogen (secondary N) is 2. The van der Waals surface area contributed by atoms with E-state index in [2.05, 4.69) is 20.7 Å². The molecule has 4 rings (SSSR count). The number of aromatic nitrogens is 3. The molecule has 0 aromatic carbocycles. The summed E-state index contributed by atoms with van der Waals surface area (Å²) < 4.78 is 71.3. The lowest BCUT2D eigenvalue weighted by Crippen LogP contribution is -2.48. The molecule has 2 N–H and O–H groups in total. The van der Waals surface area contributed by atoms with Gasteiger partial charge in [0.15, 0.2) is 5.69 Å². The number of rotatable bonds is 10. The number of pyridine rings is 1. The van der Waals surface area contributed by atoms with E-state index in [4.69, 9.17) is 16.3 Å². The van der Waals surface area contributed by atoms with Crippen molar-refractivity contribution in [3.63, 3.8) is 0 Å². The highest BCUT2D eigenvalue weighted by Gasteiger charge is 2.57. The maximum absolute atomic E-state index is 13.5. The first-order valence-electron chi connectivity index (χ1n) is 13.4. The van der Waals surface area contributed by atoms with Crippen molar-refractivity contribution in [2.75, 3.05) is 31.8 Å². The Morgan fingerprint density at radius 2 is 1.93 bits per heavy atom. The smallest absolute Gasteiger partial charge is 0.396 e. The molecule has 1 amide bonds. The minimum atomic E-state index is -4.30. The van der Waals surface area contributed by atoms with Gasteiger partial charge in [0, 0.05) is 38.2 Å². The van der Waals surface area contributed by atoms with E-state index in [0.29, 0.717) is 62.2 Å². The van der Waals surface area contributed by atoms with Crippen LogP contribution in [0.15, 0.2) is 12.3 Å². The zero-order valence-electron chi connectivity index (χ0n) is 22.8. The molecule has 2 heterocycles. The van der Waals surface area contributed by atoms with E-state index in [1.54, 1.807) is 4.68 Å². The first-order valence-corrected chi connectivity index (χ1v) is 15.7. The van der Waals surface area contributed by atoms with Gasteiger partial charge in [0.2, 0.25) is 0 Å². The van der Waals surface area contributed by atoms with Crippen molar-refractivity contribution < 1.29 is 31.1 Å². The van der Waals surface area contributed by atoms with E-state index in [1.165, 1.54) is 25.6 Å². The second-order valence-electron chi connectivity index (χ2n) is 10.8. The number of alkyl halides is 3. The number of halogens is 4. The van der Waals surface area contributed by atoms with Crippen LogP contribution in [0, 0.1) is 11.3 Å². The summed E-state index contributed by atoms with van der Waals surface area (Å²) in [4.78, 5) is 17.3. The van der Waals surface area contributed by atoms with Crippen LogP contribution in [0.25, 0.3) is 11.3 Å². The fourth-order valence-corrected chi connectivity index (χ4v) is 6.91. The van der Waals surface area contributed by atoms with Crippen LogP contribution in [0.4, 0.5) is 19.0 Å². The van der Waals surface area contributed by atoms with Crippen LogP contribution in [0.1, 0.15) is 62.4 Å². The molecule has 0 spiro atoms. The molecule has 222 valence electrons. The summed E-state index contributed by atoms with van der Waals surface area (Å²) in [5, 5.41) is 9.85. The average molecular weight is 606 g/mol. The molecule has 0 aliphatic heterocycles. The van der Waals surface area contributed by atoms with E-state index in [1.807, 2.05) is 6.92 Å². The number of hydrogen-bond donors (Lipinski definition) is 2. The number of ether oxygens (including phenoxy) is 1. The highest BCUT2D eigenvalue weighted by molar-refractivity contribution is 7.91. The minimum Gasteiger partial charge on any atom is -0.496 e. The third-order valence-electron chi connectivity index (χ3n) is 8.22. The van der Waals surface area contributed by atoms with Gasteiger partial charge in [0.1, 0.15) is 21.4 Å². The Balaban J connectivity index is 1.47. The number of sulfone groups is 1. The van der Waals surface area contributed by atoms with Crippen molar-refractivity contribution in [2.24, 2.45) is 11.3 Å². The van der Waals surface area contributed by atoms with Gasteiger partial charge in [0.25, 0.3) is 5.91 Å². The molecule has 14 heteroatoms. The van der Waals surface area contributed by atoms with Gasteiger partial charge >= 0.3 is 6.18 Å². The first kappa shape index (κ1) is 30.4. The maximum atomic E-state index is 13.5. The van der Waals surface area contributed by atoms with E-state index in [-0.39, 0.29) is 47.1 Å². The number of methoxy groups -OCH3 is 1. The standard InChI is InChI=1S/C26H35ClF3N5O4S/c1-4-35-23(18-14-31-20(12-19(18)39-2)33-15-25(10-5-11-25)26(28,29)30)21(27)22(34-35)24(36)32-13-16-6-8-17(9-7-16)40(3,37)38/h12,14,16-17H,4-11,13,15H2,1-3H3,(H,31,33)(H,32,36). The summed E-state index contributed by atoms with van der Waals surface area (Å²) in [5.41, 5.74) is -0.867. The first-order chi connectivity index (χ1) is 18.8. The van der Waals surface area contributed by atoms with Gasteiger partial charge < -0.3 is 15.4 Å². The molecule has 0 radical (unpaired) electrons. The second kappa shape index (κ2) is 11.8. The third kappa shape index (κ3) is 6.19. The van der Waals surface area contributed by atoms with Crippen LogP contribution < -0.4 is 15.4 Å². The van der Waals surface area contributed by atoms with Crippen molar-refractivity contribution in [2.45, 2.75) is 69.8 Å². The summed E-state index contributed by atoms with van der Waals surface area (Å²) in [6.07, 6.45) is 1.66. The number of hydrogen-bond acceptors (Lipinski definition) is 7. The van der Waals surface area contributed by atoms with Crippen molar-refractivity contribution in [1.82, 2.24) is 20.1 Å². The maximum Gasteiger partial charge on any atom is 0.396 e. The van der Waals surface area contributed by atoms with Crippen molar-refractivity contribution in [3.8, 4) is 17.0 Å². The molecule has 2 aliphatic carbocycles. The van der Waals surface area contributed by atoms with Gasteiger partial charge in [-0.1, -0.05) is 18.0 Å². The van der Waals surface area contributed by atoms with E-state index < -0.39 is 27.3 Å².